The molecule has 5 heteroatoms. The summed E-state index contributed by atoms with van der Waals surface area (Å²) < 4.78 is 0. The van der Waals surface area contributed by atoms with Gasteiger partial charge in [-0.3, -0.25) is 4.79 Å². The Bertz CT molecular complexity index is 290. The summed E-state index contributed by atoms with van der Waals surface area (Å²) in [4.78, 5) is 24.3. The van der Waals surface area contributed by atoms with E-state index in [1.165, 1.54) is 12.8 Å². The molecule has 1 unspecified atom stereocenters. The summed E-state index contributed by atoms with van der Waals surface area (Å²) in [6.07, 6.45) is 3.97. The van der Waals surface area contributed by atoms with Crippen LogP contribution in [0.2, 0.25) is 0 Å². The summed E-state index contributed by atoms with van der Waals surface area (Å²) in [7, 11) is 0. The molecular weight excluding hydrogens is 232 g/mol. The predicted octanol–water partition coefficient (Wildman–Crippen LogP) is 2.07. The monoisotopic (exact) mass is 256 g/mol. The van der Waals surface area contributed by atoms with Gasteiger partial charge in [-0.1, -0.05) is 6.92 Å². The Morgan fingerprint density at radius 2 is 2.11 bits per heavy atom. The number of carboxylic acids is 1. The zero-order valence-corrected chi connectivity index (χ0v) is 11.3. The number of aliphatic carboxylic acids is 1. The molecule has 2 N–H and O–H groups in total. The molecule has 1 rings (SSSR count). The Morgan fingerprint density at radius 3 is 2.61 bits per heavy atom. The average Bonchev–Trinajstić information content (AvgIpc) is 3.09. The van der Waals surface area contributed by atoms with Crippen LogP contribution in [0, 0.1) is 5.92 Å². The van der Waals surface area contributed by atoms with E-state index < -0.39 is 5.97 Å². The van der Waals surface area contributed by atoms with Gasteiger partial charge in [0, 0.05) is 25.6 Å². The van der Waals surface area contributed by atoms with E-state index in [-0.39, 0.29) is 18.5 Å². The molecule has 0 spiro atoms. The van der Waals surface area contributed by atoms with Crippen molar-refractivity contribution in [3.05, 3.63) is 0 Å². The van der Waals surface area contributed by atoms with Crippen molar-refractivity contribution < 1.29 is 14.7 Å². The van der Waals surface area contributed by atoms with Gasteiger partial charge in [-0.05, 0) is 38.5 Å². The number of urea groups is 1. The molecule has 0 aromatic carbocycles. The van der Waals surface area contributed by atoms with Crippen LogP contribution >= 0.6 is 0 Å². The molecule has 0 aromatic heterocycles. The van der Waals surface area contributed by atoms with Crippen molar-refractivity contribution in [3.8, 4) is 0 Å². The minimum atomic E-state index is -0.820. The number of amides is 2. The molecule has 5 nitrogen and oxygen atoms in total. The fourth-order valence-electron chi connectivity index (χ4n) is 1.87. The molecule has 18 heavy (non-hydrogen) atoms. The Hall–Kier alpha value is -1.26. The first-order valence-electron chi connectivity index (χ1n) is 6.80. The Kier molecular flexibility index (Phi) is 5.95. The summed E-state index contributed by atoms with van der Waals surface area (Å²) in [5, 5.41) is 11.5. The number of carbonyl (C=O) groups excluding carboxylic acids is 1. The van der Waals surface area contributed by atoms with Gasteiger partial charge in [0.05, 0.1) is 0 Å². The van der Waals surface area contributed by atoms with Gasteiger partial charge in [0.15, 0.2) is 0 Å². The zero-order chi connectivity index (χ0) is 13.5. The van der Waals surface area contributed by atoms with Gasteiger partial charge in [-0.25, -0.2) is 4.79 Å². The molecule has 1 saturated carbocycles. The molecule has 0 heterocycles. The van der Waals surface area contributed by atoms with Gasteiger partial charge < -0.3 is 15.3 Å². The van der Waals surface area contributed by atoms with E-state index in [0.29, 0.717) is 12.3 Å². The third-order valence-electron chi connectivity index (χ3n) is 3.12. The van der Waals surface area contributed by atoms with E-state index in [1.54, 1.807) is 0 Å². The van der Waals surface area contributed by atoms with E-state index in [0.717, 1.165) is 19.5 Å². The van der Waals surface area contributed by atoms with E-state index >= 15 is 0 Å². The zero-order valence-electron chi connectivity index (χ0n) is 11.3. The second kappa shape index (κ2) is 7.24. The van der Waals surface area contributed by atoms with Gasteiger partial charge in [0.25, 0.3) is 0 Å². The molecule has 2 amide bonds. The second-order valence-electron chi connectivity index (χ2n) is 5.17. The quantitative estimate of drug-likeness (QED) is 0.698. The van der Waals surface area contributed by atoms with Crippen LogP contribution in [0.5, 0.6) is 0 Å². The van der Waals surface area contributed by atoms with Gasteiger partial charge in [-0.2, -0.15) is 0 Å². The smallest absolute Gasteiger partial charge is 0.317 e. The van der Waals surface area contributed by atoms with Crippen LogP contribution in [-0.4, -0.2) is 41.1 Å². The number of carbonyl (C=O) groups is 2. The maximum Gasteiger partial charge on any atom is 0.317 e. The van der Waals surface area contributed by atoms with Crippen LogP contribution in [-0.2, 0) is 4.79 Å². The summed E-state index contributed by atoms with van der Waals surface area (Å²) in [6.45, 7) is 5.52. The lowest BCUT2D eigenvalue weighted by atomic mass is 10.2. The van der Waals surface area contributed by atoms with Gasteiger partial charge in [-0.15, -0.1) is 0 Å². The van der Waals surface area contributed by atoms with E-state index in [1.807, 2.05) is 11.8 Å². The topological polar surface area (TPSA) is 69.6 Å². The first-order valence-corrected chi connectivity index (χ1v) is 6.80. The number of hydrogen-bond donors (Lipinski definition) is 2. The van der Waals surface area contributed by atoms with Crippen LogP contribution in [0.4, 0.5) is 4.79 Å². The highest BCUT2D eigenvalue weighted by Gasteiger charge is 2.26. The van der Waals surface area contributed by atoms with Gasteiger partial charge in [0.1, 0.15) is 0 Å². The van der Waals surface area contributed by atoms with E-state index in [2.05, 4.69) is 12.2 Å². The highest BCUT2D eigenvalue weighted by molar-refractivity contribution is 5.74. The molecule has 0 radical (unpaired) electrons. The number of hydrogen-bond acceptors (Lipinski definition) is 2. The highest BCUT2D eigenvalue weighted by atomic mass is 16.4. The standard InChI is InChI=1S/C13H24N2O3/c1-3-8-15(9-11-5-6-11)13(18)14-10(2)4-7-12(16)17/h10-11H,3-9H2,1-2H3,(H,14,18)(H,16,17). The summed E-state index contributed by atoms with van der Waals surface area (Å²) in [6, 6.07) is -0.145. The lowest BCUT2D eigenvalue weighted by Gasteiger charge is -2.24. The fraction of sp³-hybridized carbons (Fsp3) is 0.846. The van der Waals surface area contributed by atoms with E-state index in [9.17, 15) is 9.59 Å². The molecule has 1 atom stereocenters. The van der Waals surface area contributed by atoms with Crippen LogP contribution in [0.15, 0.2) is 0 Å². The van der Waals surface area contributed by atoms with Crippen molar-refractivity contribution in [1.29, 1.82) is 0 Å². The first-order chi connectivity index (χ1) is 8.52. The van der Waals surface area contributed by atoms with Gasteiger partial charge >= 0.3 is 12.0 Å². The molecule has 0 aliphatic heterocycles. The fourth-order valence-corrected chi connectivity index (χ4v) is 1.87. The first kappa shape index (κ1) is 14.8. The van der Waals surface area contributed by atoms with Crippen molar-refractivity contribution in [2.75, 3.05) is 13.1 Å². The highest BCUT2D eigenvalue weighted by Crippen LogP contribution is 2.29. The van der Waals surface area contributed by atoms with Crippen molar-refractivity contribution in [1.82, 2.24) is 10.2 Å². The predicted molar refractivity (Wildman–Crippen MR) is 69.5 cm³/mol. The van der Waals surface area contributed by atoms with Crippen molar-refractivity contribution in [2.24, 2.45) is 5.92 Å². The van der Waals surface area contributed by atoms with Crippen LogP contribution in [0.25, 0.3) is 0 Å². The van der Waals surface area contributed by atoms with Crippen molar-refractivity contribution >= 4 is 12.0 Å². The molecule has 1 aliphatic rings. The van der Waals surface area contributed by atoms with Crippen molar-refractivity contribution in [3.63, 3.8) is 0 Å². The van der Waals surface area contributed by atoms with Gasteiger partial charge in [0.2, 0.25) is 0 Å². The number of carboxylic acid groups (broad SMARTS) is 1. The lowest BCUT2D eigenvalue weighted by molar-refractivity contribution is -0.137. The minimum Gasteiger partial charge on any atom is -0.481 e. The van der Waals surface area contributed by atoms with E-state index in [4.69, 9.17) is 5.11 Å². The Balaban J connectivity index is 2.31. The SMILES string of the molecule is CCCN(CC1CC1)C(=O)NC(C)CCC(=O)O. The Labute approximate surface area is 109 Å². The number of nitrogens with zero attached hydrogens (tertiary/aromatic N) is 1. The normalized spacial score (nSPS) is 16.1. The lowest BCUT2D eigenvalue weighted by Crippen LogP contribution is -2.45. The second-order valence-corrected chi connectivity index (χ2v) is 5.17. The third kappa shape index (κ3) is 5.89. The molecule has 1 fully saturated rings. The molecule has 104 valence electrons. The Morgan fingerprint density at radius 1 is 1.44 bits per heavy atom. The molecule has 0 aromatic rings. The van der Waals surface area contributed by atoms with Crippen LogP contribution in [0.1, 0.15) is 46.0 Å². The summed E-state index contributed by atoms with van der Waals surface area (Å²) in [5.41, 5.74) is 0. The summed E-state index contributed by atoms with van der Waals surface area (Å²) in [5.74, 6) is -0.142. The molecule has 1 aliphatic carbocycles. The maximum atomic E-state index is 12.0. The molecule has 0 saturated heterocycles. The molecular formula is C13H24N2O3. The average molecular weight is 256 g/mol. The largest absolute Gasteiger partial charge is 0.481 e. The maximum absolute atomic E-state index is 12.0. The molecule has 0 bridgehead atoms. The van der Waals surface area contributed by atoms with Crippen molar-refractivity contribution in [2.45, 2.75) is 52.0 Å². The number of nitrogens with one attached hydrogen (secondary N) is 1. The van der Waals surface area contributed by atoms with Crippen LogP contribution < -0.4 is 5.32 Å². The minimum absolute atomic E-state index is 0.0540. The third-order valence-corrected chi connectivity index (χ3v) is 3.12. The van der Waals surface area contributed by atoms with Crippen LogP contribution in [0.3, 0.4) is 0 Å². The summed E-state index contributed by atoms with van der Waals surface area (Å²) >= 11 is 0. The number of rotatable bonds is 8.